The zero-order chi connectivity index (χ0) is 16.0. The first-order valence-electron chi connectivity index (χ1n) is 6.66. The van der Waals surface area contributed by atoms with Crippen LogP contribution in [-0.2, 0) is 4.79 Å². The number of carbonyl (C=O) groups is 2. The van der Waals surface area contributed by atoms with Crippen molar-refractivity contribution in [1.29, 1.82) is 0 Å². The highest BCUT2D eigenvalue weighted by Gasteiger charge is 2.19. The van der Waals surface area contributed by atoms with Crippen molar-refractivity contribution in [2.45, 2.75) is 39.0 Å². The van der Waals surface area contributed by atoms with E-state index in [9.17, 15) is 19.5 Å². The number of hydrogen-bond donors (Lipinski definition) is 2. The minimum Gasteiger partial charge on any atom is -0.507 e. The smallest absolute Gasteiger partial charge is 0.350 e. The number of ketones is 1. The molecule has 1 aromatic rings. The molecule has 0 amide bonds. The second kappa shape index (κ2) is 7.42. The highest BCUT2D eigenvalue weighted by Crippen LogP contribution is 2.25. The van der Waals surface area contributed by atoms with Crippen LogP contribution in [0.1, 0.15) is 55.1 Å². The third-order valence-electron chi connectivity index (χ3n) is 3.06. The molecule has 0 bridgehead atoms. The van der Waals surface area contributed by atoms with Gasteiger partial charge in [-0.3, -0.25) is 4.79 Å². The molecular formula is C15H18O6. The standard InChI is InChI=1S/C15H18O6/c1-3-10(16)14-11(17)8-12(21-15(14)20)9(2)6-4-5-7-13(18)19/h5,7-9,17H,3-4,6H2,1-2H3,(H,18,19)/b7-5+. The molecule has 0 fully saturated rings. The zero-order valence-electron chi connectivity index (χ0n) is 12.0. The lowest BCUT2D eigenvalue weighted by Gasteiger charge is -2.10. The fraction of sp³-hybridized carbons (Fsp3) is 0.400. The predicted octanol–water partition coefficient (Wildman–Crippen LogP) is 2.46. The van der Waals surface area contributed by atoms with Gasteiger partial charge in [0.05, 0.1) is 0 Å². The van der Waals surface area contributed by atoms with E-state index in [0.717, 1.165) is 6.08 Å². The van der Waals surface area contributed by atoms with Crippen molar-refractivity contribution in [2.24, 2.45) is 0 Å². The summed E-state index contributed by atoms with van der Waals surface area (Å²) in [5, 5.41) is 18.3. The Bertz CT molecular complexity index is 611. The number of allylic oxidation sites excluding steroid dienone is 1. The van der Waals surface area contributed by atoms with Crippen molar-refractivity contribution < 1.29 is 24.2 Å². The van der Waals surface area contributed by atoms with Crippen LogP contribution in [0.15, 0.2) is 27.4 Å². The van der Waals surface area contributed by atoms with Crippen molar-refractivity contribution in [2.75, 3.05) is 0 Å². The van der Waals surface area contributed by atoms with E-state index in [1.165, 1.54) is 12.1 Å². The van der Waals surface area contributed by atoms with Gasteiger partial charge in [0.25, 0.3) is 0 Å². The number of aromatic hydroxyl groups is 1. The molecule has 0 aliphatic heterocycles. The molecule has 6 heteroatoms. The molecule has 0 saturated carbocycles. The van der Waals surface area contributed by atoms with Gasteiger partial charge in [-0.15, -0.1) is 0 Å². The molecule has 114 valence electrons. The van der Waals surface area contributed by atoms with Gasteiger partial charge in [0, 0.05) is 24.5 Å². The van der Waals surface area contributed by atoms with Gasteiger partial charge < -0.3 is 14.6 Å². The monoisotopic (exact) mass is 294 g/mol. The first-order valence-corrected chi connectivity index (χ1v) is 6.66. The Kier molecular flexibility index (Phi) is 5.90. The first kappa shape index (κ1) is 16.7. The number of hydrogen-bond acceptors (Lipinski definition) is 5. The van der Waals surface area contributed by atoms with E-state index in [4.69, 9.17) is 9.52 Å². The molecule has 0 radical (unpaired) electrons. The van der Waals surface area contributed by atoms with Crippen LogP contribution in [0.5, 0.6) is 5.75 Å². The van der Waals surface area contributed by atoms with Crippen LogP contribution in [0.3, 0.4) is 0 Å². The van der Waals surface area contributed by atoms with E-state index in [1.807, 2.05) is 0 Å². The van der Waals surface area contributed by atoms with Gasteiger partial charge in [-0.2, -0.15) is 0 Å². The topological polar surface area (TPSA) is 105 Å². The molecule has 2 N–H and O–H groups in total. The Morgan fingerprint density at radius 2 is 2.10 bits per heavy atom. The molecule has 0 aliphatic carbocycles. The summed E-state index contributed by atoms with van der Waals surface area (Å²) in [4.78, 5) is 33.6. The SMILES string of the molecule is CCC(=O)c1c(O)cc(C(C)CC/C=C/C(=O)O)oc1=O. The number of carboxylic acid groups (broad SMARTS) is 1. The second-order valence-corrected chi connectivity index (χ2v) is 4.69. The fourth-order valence-corrected chi connectivity index (χ4v) is 1.85. The van der Waals surface area contributed by atoms with Crippen molar-refractivity contribution in [3.63, 3.8) is 0 Å². The molecule has 0 aromatic carbocycles. The Labute approximate surface area is 121 Å². The average molecular weight is 294 g/mol. The van der Waals surface area contributed by atoms with E-state index in [-0.39, 0.29) is 29.4 Å². The zero-order valence-corrected chi connectivity index (χ0v) is 12.0. The van der Waals surface area contributed by atoms with Crippen molar-refractivity contribution in [3.8, 4) is 5.75 Å². The Morgan fingerprint density at radius 1 is 1.43 bits per heavy atom. The maximum atomic E-state index is 11.7. The number of aliphatic carboxylic acids is 1. The molecule has 0 spiro atoms. The van der Waals surface area contributed by atoms with E-state index < -0.39 is 17.4 Å². The molecule has 0 saturated heterocycles. The minimum absolute atomic E-state index is 0.104. The van der Waals surface area contributed by atoms with Crippen LogP contribution in [0, 0.1) is 0 Å². The van der Waals surface area contributed by atoms with Crippen molar-refractivity contribution in [1.82, 2.24) is 0 Å². The summed E-state index contributed by atoms with van der Waals surface area (Å²) in [7, 11) is 0. The van der Waals surface area contributed by atoms with E-state index in [2.05, 4.69) is 0 Å². The number of Topliss-reactive ketones (excluding diaryl/α,β-unsaturated/α-hetero) is 1. The van der Waals surface area contributed by atoms with Gasteiger partial charge in [-0.05, 0) is 12.8 Å². The Hall–Kier alpha value is -2.37. The number of rotatable bonds is 7. The highest BCUT2D eigenvalue weighted by molar-refractivity contribution is 5.97. The quantitative estimate of drug-likeness (QED) is 0.591. The average Bonchev–Trinajstić information content (AvgIpc) is 2.41. The molecular weight excluding hydrogens is 276 g/mol. The van der Waals surface area contributed by atoms with Crippen LogP contribution < -0.4 is 5.63 Å². The third-order valence-corrected chi connectivity index (χ3v) is 3.06. The summed E-state index contributed by atoms with van der Waals surface area (Å²) in [6.45, 7) is 3.38. The van der Waals surface area contributed by atoms with E-state index in [0.29, 0.717) is 12.8 Å². The highest BCUT2D eigenvalue weighted by atomic mass is 16.4. The molecule has 21 heavy (non-hydrogen) atoms. The van der Waals surface area contributed by atoms with Crippen LogP contribution in [0.2, 0.25) is 0 Å². The maximum Gasteiger partial charge on any atom is 0.350 e. The van der Waals surface area contributed by atoms with Crippen LogP contribution in [0.4, 0.5) is 0 Å². The third kappa shape index (κ3) is 4.59. The maximum absolute atomic E-state index is 11.7. The summed E-state index contributed by atoms with van der Waals surface area (Å²) >= 11 is 0. The Morgan fingerprint density at radius 3 is 2.62 bits per heavy atom. The van der Waals surface area contributed by atoms with E-state index in [1.54, 1.807) is 13.8 Å². The molecule has 1 rings (SSSR count). The largest absolute Gasteiger partial charge is 0.507 e. The Balaban J connectivity index is 2.87. The number of carboxylic acids is 1. The summed E-state index contributed by atoms with van der Waals surface area (Å²) in [5.74, 6) is -1.78. The fourth-order valence-electron chi connectivity index (χ4n) is 1.85. The lowest BCUT2D eigenvalue weighted by molar-refractivity contribution is -0.131. The van der Waals surface area contributed by atoms with Crippen LogP contribution in [0.25, 0.3) is 0 Å². The van der Waals surface area contributed by atoms with Gasteiger partial charge in [0.2, 0.25) is 0 Å². The first-order chi connectivity index (χ1) is 9.86. The van der Waals surface area contributed by atoms with E-state index >= 15 is 0 Å². The minimum atomic E-state index is -1.02. The molecule has 6 nitrogen and oxygen atoms in total. The molecule has 1 heterocycles. The predicted molar refractivity (Wildman–Crippen MR) is 75.7 cm³/mol. The molecule has 1 atom stereocenters. The summed E-state index contributed by atoms with van der Waals surface area (Å²) in [6, 6.07) is 1.27. The van der Waals surface area contributed by atoms with Crippen LogP contribution in [-0.4, -0.2) is 22.0 Å². The van der Waals surface area contributed by atoms with Crippen LogP contribution >= 0.6 is 0 Å². The van der Waals surface area contributed by atoms with Gasteiger partial charge in [-0.1, -0.05) is 19.9 Å². The lowest BCUT2D eigenvalue weighted by Crippen LogP contribution is -2.15. The summed E-state index contributed by atoms with van der Waals surface area (Å²) in [5.41, 5.74) is -1.16. The summed E-state index contributed by atoms with van der Waals surface area (Å²) < 4.78 is 5.08. The molecule has 1 unspecified atom stereocenters. The second-order valence-electron chi connectivity index (χ2n) is 4.69. The van der Waals surface area contributed by atoms with Gasteiger partial charge in [0.1, 0.15) is 17.1 Å². The number of carbonyl (C=O) groups excluding carboxylic acids is 1. The van der Waals surface area contributed by atoms with Gasteiger partial charge in [0.15, 0.2) is 5.78 Å². The lowest BCUT2D eigenvalue weighted by atomic mass is 10.0. The van der Waals surface area contributed by atoms with Gasteiger partial charge in [-0.25, -0.2) is 9.59 Å². The van der Waals surface area contributed by atoms with Crippen molar-refractivity contribution >= 4 is 11.8 Å². The summed E-state index contributed by atoms with van der Waals surface area (Å²) in [6.07, 6.45) is 3.70. The molecule has 0 aliphatic rings. The van der Waals surface area contributed by atoms with Gasteiger partial charge >= 0.3 is 11.6 Å². The normalized spacial score (nSPS) is 12.5. The molecule has 1 aromatic heterocycles. The van der Waals surface area contributed by atoms with Crippen molar-refractivity contribution in [3.05, 3.63) is 40.0 Å².